The lowest BCUT2D eigenvalue weighted by Crippen LogP contribution is -2.46. The molecule has 4 rings (SSSR count). The summed E-state index contributed by atoms with van der Waals surface area (Å²) in [5, 5.41) is 7.36. The first-order chi connectivity index (χ1) is 12.2. The zero-order chi connectivity index (χ0) is 17.3. The molecule has 4 heterocycles. The monoisotopic (exact) mass is 342 g/mol. The molecule has 0 amide bonds. The van der Waals surface area contributed by atoms with Crippen LogP contribution in [0.15, 0.2) is 24.5 Å². The van der Waals surface area contributed by atoms with E-state index in [1.54, 1.807) is 12.3 Å². The molecule has 1 saturated heterocycles. The number of fused-ring (bicyclic) bond motifs is 2. The standard InChI is InChI=1S/C18H22N4O3/c1-24-17(23)15-3-2-13(10-19-15)12-22-7-5-18(6-8-22)16-14(4-9-25-18)11-20-21-16/h2-3,10-11H,4-9,12H2,1H3,(H,20,21). The molecule has 1 spiro atoms. The maximum Gasteiger partial charge on any atom is 0.356 e. The molecule has 7 heteroatoms. The van der Waals surface area contributed by atoms with Crippen molar-refractivity contribution in [3.05, 3.63) is 47.0 Å². The van der Waals surface area contributed by atoms with Crippen molar-refractivity contribution in [2.45, 2.75) is 31.4 Å². The Balaban J connectivity index is 1.39. The summed E-state index contributed by atoms with van der Waals surface area (Å²) in [5.74, 6) is -0.406. The molecule has 0 radical (unpaired) electrons. The van der Waals surface area contributed by atoms with Crippen molar-refractivity contribution < 1.29 is 14.3 Å². The second-order valence-corrected chi connectivity index (χ2v) is 6.68. The number of rotatable bonds is 3. The second kappa shape index (κ2) is 6.57. The fourth-order valence-corrected chi connectivity index (χ4v) is 3.79. The zero-order valence-corrected chi connectivity index (χ0v) is 14.3. The lowest BCUT2D eigenvalue weighted by Gasteiger charge is -2.43. The molecule has 132 valence electrons. The van der Waals surface area contributed by atoms with Gasteiger partial charge in [0, 0.05) is 25.8 Å². The van der Waals surface area contributed by atoms with Crippen LogP contribution < -0.4 is 0 Å². The Kier molecular flexibility index (Phi) is 4.27. The van der Waals surface area contributed by atoms with Crippen LogP contribution in [0.5, 0.6) is 0 Å². The van der Waals surface area contributed by atoms with Crippen LogP contribution in [0.3, 0.4) is 0 Å². The minimum Gasteiger partial charge on any atom is -0.464 e. The summed E-state index contributed by atoms with van der Waals surface area (Å²) < 4.78 is 10.9. The SMILES string of the molecule is COC(=O)c1ccc(CN2CCC3(CC2)OCCc2cn[nH]c23)cn1. The molecule has 0 unspecified atom stereocenters. The summed E-state index contributed by atoms with van der Waals surface area (Å²) in [5.41, 5.74) is 3.69. The van der Waals surface area contributed by atoms with Gasteiger partial charge in [-0.25, -0.2) is 9.78 Å². The highest BCUT2D eigenvalue weighted by Crippen LogP contribution is 2.40. The lowest BCUT2D eigenvalue weighted by atomic mass is 9.83. The van der Waals surface area contributed by atoms with Crippen molar-refractivity contribution in [1.82, 2.24) is 20.1 Å². The molecule has 1 N–H and O–H groups in total. The molecule has 0 aliphatic carbocycles. The van der Waals surface area contributed by atoms with E-state index >= 15 is 0 Å². The molecule has 0 atom stereocenters. The maximum absolute atomic E-state index is 11.4. The third kappa shape index (κ3) is 3.05. The van der Waals surface area contributed by atoms with Gasteiger partial charge in [0.05, 0.1) is 25.6 Å². The number of piperidine rings is 1. The van der Waals surface area contributed by atoms with Gasteiger partial charge in [0.2, 0.25) is 0 Å². The average molecular weight is 342 g/mol. The van der Waals surface area contributed by atoms with E-state index in [1.807, 2.05) is 12.3 Å². The molecule has 25 heavy (non-hydrogen) atoms. The number of nitrogens with zero attached hydrogens (tertiary/aromatic N) is 3. The Hall–Kier alpha value is -2.25. The van der Waals surface area contributed by atoms with E-state index in [1.165, 1.54) is 18.4 Å². The van der Waals surface area contributed by atoms with Gasteiger partial charge in [-0.05, 0) is 36.5 Å². The Morgan fingerprint density at radius 1 is 1.36 bits per heavy atom. The van der Waals surface area contributed by atoms with Crippen LogP contribution in [0.2, 0.25) is 0 Å². The molecule has 2 aliphatic heterocycles. The van der Waals surface area contributed by atoms with E-state index in [0.29, 0.717) is 5.69 Å². The molecule has 0 bridgehead atoms. The van der Waals surface area contributed by atoms with Crippen LogP contribution in [-0.2, 0) is 28.0 Å². The quantitative estimate of drug-likeness (QED) is 0.855. The zero-order valence-electron chi connectivity index (χ0n) is 14.3. The molecule has 2 aliphatic rings. The van der Waals surface area contributed by atoms with Crippen molar-refractivity contribution in [2.24, 2.45) is 0 Å². The van der Waals surface area contributed by atoms with Gasteiger partial charge in [0.15, 0.2) is 0 Å². The number of carbonyl (C=O) groups is 1. The summed E-state index contributed by atoms with van der Waals surface area (Å²) in [6, 6.07) is 3.65. The van der Waals surface area contributed by atoms with Crippen LogP contribution in [0.4, 0.5) is 0 Å². The Bertz CT molecular complexity index is 748. The van der Waals surface area contributed by atoms with Crippen molar-refractivity contribution in [1.29, 1.82) is 0 Å². The van der Waals surface area contributed by atoms with Gasteiger partial charge >= 0.3 is 5.97 Å². The van der Waals surface area contributed by atoms with Gasteiger partial charge in [-0.3, -0.25) is 10.00 Å². The number of aromatic amines is 1. The van der Waals surface area contributed by atoms with Gasteiger partial charge in [0.25, 0.3) is 0 Å². The van der Waals surface area contributed by atoms with Crippen LogP contribution in [0.25, 0.3) is 0 Å². The molecule has 0 saturated carbocycles. The van der Waals surface area contributed by atoms with Crippen LogP contribution in [0, 0.1) is 0 Å². The first-order valence-corrected chi connectivity index (χ1v) is 8.62. The van der Waals surface area contributed by atoms with Gasteiger partial charge in [-0.15, -0.1) is 0 Å². The summed E-state index contributed by atoms with van der Waals surface area (Å²) in [7, 11) is 1.36. The van der Waals surface area contributed by atoms with E-state index < -0.39 is 5.97 Å². The van der Waals surface area contributed by atoms with Gasteiger partial charge in [-0.1, -0.05) is 6.07 Å². The van der Waals surface area contributed by atoms with Crippen molar-refractivity contribution in [3.63, 3.8) is 0 Å². The fourth-order valence-electron chi connectivity index (χ4n) is 3.79. The second-order valence-electron chi connectivity index (χ2n) is 6.68. The minimum atomic E-state index is -0.406. The first kappa shape index (κ1) is 16.2. The number of hydrogen-bond donors (Lipinski definition) is 1. The topological polar surface area (TPSA) is 80.3 Å². The molecule has 2 aromatic rings. The maximum atomic E-state index is 11.4. The summed E-state index contributed by atoms with van der Waals surface area (Å²) in [6.07, 6.45) is 6.53. The van der Waals surface area contributed by atoms with Crippen molar-refractivity contribution >= 4 is 5.97 Å². The first-order valence-electron chi connectivity index (χ1n) is 8.62. The predicted molar refractivity (Wildman–Crippen MR) is 90.0 cm³/mol. The molecule has 2 aromatic heterocycles. The number of esters is 1. The Morgan fingerprint density at radius 2 is 2.20 bits per heavy atom. The number of likely N-dealkylation sites (tertiary alicyclic amines) is 1. The van der Waals surface area contributed by atoms with Gasteiger partial charge < -0.3 is 9.47 Å². The molecular weight excluding hydrogens is 320 g/mol. The van der Waals surface area contributed by atoms with Crippen molar-refractivity contribution in [2.75, 3.05) is 26.8 Å². The molecular formula is C18H22N4O3. The third-order valence-corrected chi connectivity index (χ3v) is 5.21. The van der Waals surface area contributed by atoms with Gasteiger partial charge in [-0.2, -0.15) is 5.10 Å². The lowest BCUT2D eigenvalue weighted by molar-refractivity contribution is -0.102. The van der Waals surface area contributed by atoms with Crippen LogP contribution in [0.1, 0.15) is 40.2 Å². The van der Waals surface area contributed by atoms with E-state index in [2.05, 4.69) is 24.8 Å². The largest absolute Gasteiger partial charge is 0.464 e. The number of methoxy groups -OCH3 is 1. The van der Waals surface area contributed by atoms with E-state index in [-0.39, 0.29) is 5.60 Å². The van der Waals surface area contributed by atoms with E-state index in [0.717, 1.165) is 51.1 Å². The normalized spacial score (nSPS) is 19.6. The van der Waals surface area contributed by atoms with Gasteiger partial charge in [0.1, 0.15) is 11.3 Å². The highest BCUT2D eigenvalue weighted by atomic mass is 16.5. The number of aromatic nitrogens is 3. The summed E-state index contributed by atoms with van der Waals surface area (Å²) in [6.45, 7) is 3.50. The number of pyridine rings is 1. The van der Waals surface area contributed by atoms with E-state index in [4.69, 9.17) is 4.74 Å². The Labute approximate surface area is 146 Å². The fraction of sp³-hybridized carbons (Fsp3) is 0.500. The number of H-pyrrole nitrogens is 1. The average Bonchev–Trinajstić information content (AvgIpc) is 3.14. The minimum absolute atomic E-state index is 0.201. The predicted octanol–water partition coefficient (Wildman–Crippen LogP) is 1.66. The van der Waals surface area contributed by atoms with E-state index in [9.17, 15) is 4.79 Å². The third-order valence-electron chi connectivity index (χ3n) is 5.21. The highest BCUT2D eigenvalue weighted by Gasteiger charge is 2.42. The number of hydrogen-bond acceptors (Lipinski definition) is 6. The molecule has 1 fully saturated rings. The number of carbonyl (C=O) groups excluding carboxylic acids is 1. The molecule has 7 nitrogen and oxygen atoms in total. The van der Waals surface area contributed by atoms with Crippen LogP contribution in [-0.4, -0.2) is 52.9 Å². The van der Waals surface area contributed by atoms with Crippen LogP contribution >= 0.6 is 0 Å². The highest BCUT2D eigenvalue weighted by molar-refractivity contribution is 5.86. The Morgan fingerprint density at radius 3 is 2.92 bits per heavy atom. The van der Waals surface area contributed by atoms with Crippen molar-refractivity contribution in [3.8, 4) is 0 Å². The number of ether oxygens (including phenoxy) is 2. The molecule has 0 aromatic carbocycles. The summed E-state index contributed by atoms with van der Waals surface area (Å²) in [4.78, 5) is 18.0. The number of nitrogens with one attached hydrogen (secondary N) is 1. The summed E-state index contributed by atoms with van der Waals surface area (Å²) >= 11 is 0. The smallest absolute Gasteiger partial charge is 0.356 e.